The van der Waals surface area contributed by atoms with E-state index < -0.39 is 6.04 Å². The molecule has 6 nitrogen and oxygen atoms in total. The van der Waals surface area contributed by atoms with Gasteiger partial charge in [-0.2, -0.15) is 0 Å². The third-order valence-corrected chi connectivity index (χ3v) is 6.47. The summed E-state index contributed by atoms with van der Waals surface area (Å²) >= 11 is 3.43. The number of ether oxygens (including phenoxy) is 2. The van der Waals surface area contributed by atoms with Crippen molar-refractivity contribution in [2.45, 2.75) is 13.0 Å². The molecule has 1 amide bonds. The van der Waals surface area contributed by atoms with Gasteiger partial charge >= 0.3 is 0 Å². The number of hydrogen-bond donors (Lipinski definition) is 0. The van der Waals surface area contributed by atoms with Crippen LogP contribution in [0.3, 0.4) is 0 Å². The summed E-state index contributed by atoms with van der Waals surface area (Å²) < 4.78 is 18.1. The number of benzene rings is 3. The van der Waals surface area contributed by atoms with Crippen LogP contribution in [0.2, 0.25) is 0 Å². The van der Waals surface area contributed by atoms with Crippen LogP contribution in [0.15, 0.2) is 87.0 Å². The van der Waals surface area contributed by atoms with E-state index in [-0.39, 0.29) is 17.1 Å². The standard InChI is InChI=1S/C28H22BrNO5/c1-4-12-34-22-10-8-17(14-23(22)33-3)25-24-26(31)20-15-18(29)9-11-21(20)35-27(24)28(32)30(25)19-7-5-6-16(2)13-19/h4-11,13-15,25H,1,12H2,2-3H3. The normalized spacial score (nSPS) is 14.8. The Kier molecular flexibility index (Phi) is 5.94. The lowest BCUT2D eigenvalue weighted by Gasteiger charge is -2.26. The number of nitrogens with zero attached hydrogens (tertiary/aromatic N) is 1. The highest BCUT2D eigenvalue weighted by Crippen LogP contribution is 2.43. The highest BCUT2D eigenvalue weighted by atomic mass is 79.9. The Balaban J connectivity index is 1.77. The number of halogens is 1. The van der Waals surface area contributed by atoms with Crippen LogP contribution in [0.5, 0.6) is 11.5 Å². The van der Waals surface area contributed by atoms with E-state index in [9.17, 15) is 9.59 Å². The fourth-order valence-corrected chi connectivity index (χ4v) is 4.79. The van der Waals surface area contributed by atoms with Gasteiger partial charge in [0.15, 0.2) is 16.9 Å². The SMILES string of the molecule is C=CCOc1ccc(C2c3c(oc4ccc(Br)cc4c3=O)C(=O)N2c2cccc(C)c2)cc1OC. The van der Waals surface area contributed by atoms with Crippen LogP contribution < -0.4 is 19.8 Å². The minimum atomic E-state index is -0.707. The van der Waals surface area contributed by atoms with Crippen molar-refractivity contribution in [3.05, 3.63) is 110 Å². The molecule has 2 heterocycles. The molecular weight excluding hydrogens is 510 g/mol. The number of fused-ring (bicyclic) bond motifs is 2. The number of rotatable bonds is 6. The molecule has 5 rings (SSSR count). The molecular formula is C28H22BrNO5. The number of aryl methyl sites for hydroxylation is 1. The van der Waals surface area contributed by atoms with Gasteiger partial charge in [-0.25, -0.2) is 0 Å². The molecule has 1 aliphatic rings. The number of carbonyl (C=O) groups is 1. The summed E-state index contributed by atoms with van der Waals surface area (Å²) in [5, 5.41) is 0.403. The number of hydrogen-bond acceptors (Lipinski definition) is 5. The average molecular weight is 532 g/mol. The Morgan fingerprint density at radius 1 is 1.09 bits per heavy atom. The van der Waals surface area contributed by atoms with E-state index in [1.54, 1.807) is 48.4 Å². The van der Waals surface area contributed by atoms with E-state index in [1.807, 2.05) is 37.3 Å². The van der Waals surface area contributed by atoms with Crippen LogP contribution in [-0.4, -0.2) is 19.6 Å². The van der Waals surface area contributed by atoms with Gasteiger partial charge in [-0.15, -0.1) is 0 Å². The minimum absolute atomic E-state index is 0.0438. The van der Waals surface area contributed by atoms with Crippen LogP contribution in [0.25, 0.3) is 11.0 Å². The first-order valence-electron chi connectivity index (χ1n) is 11.0. The molecule has 35 heavy (non-hydrogen) atoms. The molecule has 4 aromatic rings. The van der Waals surface area contributed by atoms with Crippen molar-refractivity contribution < 1.29 is 18.7 Å². The average Bonchev–Trinajstić information content (AvgIpc) is 3.15. The van der Waals surface area contributed by atoms with Gasteiger partial charge in [0.05, 0.1) is 24.1 Å². The van der Waals surface area contributed by atoms with Gasteiger partial charge in [-0.05, 0) is 60.5 Å². The predicted octanol–water partition coefficient (Wildman–Crippen LogP) is 6.19. The molecule has 7 heteroatoms. The summed E-state index contributed by atoms with van der Waals surface area (Å²) in [6, 6.07) is 17.5. The first kappa shape index (κ1) is 22.9. The monoisotopic (exact) mass is 531 g/mol. The Morgan fingerprint density at radius 2 is 1.91 bits per heavy atom. The van der Waals surface area contributed by atoms with Gasteiger partial charge in [-0.3, -0.25) is 14.5 Å². The van der Waals surface area contributed by atoms with Crippen LogP contribution in [0, 0.1) is 6.92 Å². The molecule has 1 aromatic heterocycles. The molecule has 0 radical (unpaired) electrons. The number of carbonyl (C=O) groups excluding carboxylic acids is 1. The minimum Gasteiger partial charge on any atom is -0.493 e. The van der Waals surface area contributed by atoms with E-state index in [0.717, 1.165) is 10.0 Å². The van der Waals surface area contributed by atoms with Crippen molar-refractivity contribution >= 4 is 38.5 Å². The predicted molar refractivity (Wildman–Crippen MR) is 139 cm³/mol. The maximum atomic E-state index is 13.8. The summed E-state index contributed by atoms with van der Waals surface area (Å²) in [6.45, 7) is 5.95. The Labute approximate surface area is 210 Å². The molecule has 0 N–H and O–H groups in total. The third-order valence-electron chi connectivity index (χ3n) is 5.97. The van der Waals surface area contributed by atoms with Gasteiger partial charge in [-0.1, -0.05) is 46.8 Å². The van der Waals surface area contributed by atoms with Gasteiger partial charge in [0, 0.05) is 10.2 Å². The molecule has 0 saturated heterocycles. The number of anilines is 1. The molecule has 0 fully saturated rings. The van der Waals surface area contributed by atoms with Crippen molar-refractivity contribution in [1.82, 2.24) is 0 Å². The van der Waals surface area contributed by atoms with E-state index in [1.165, 1.54) is 0 Å². The van der Waals surface area contributed by atoms with Crippen LogP contribution in [-0.2, 0) is 0 Å². The fraction of sp³-hybridized carbons (Fsp3) is 0.143. The molecule has 0 aliphatic carbocycles. The zero-order valence-electron chi connectivity index (χ0n) is 19.2. The summed E-state index contributed by atoms with van der Waals surface area (Å²) in [5.41, 5.74) is 2.76. The van der Waals surface area contributed by atoms with E-state index in [2.05, 4.69) is 22.5 Å². The molecule has 1 unspecified atom stereocenters. The highest BCUT2D eigenvalue weighted by Gasteiger charge is 2.44. The quantitative estimate of drug-likeness (QED) is 0.277. The van der Waals surface area contributed by atoms with E-state index in [4.69, 9.17) is 13.9 Å². The van der Waals surface area contributed by atoms with Crippen molar-refractivity contribution in [3.63, 3.8) is 0 Å². The van der Waals surface area contributed by atoms with Gasteiger partial charge in [0.25, 0.3) is 5.91 Å². The van der Waals surface area contributed by atoms with Crippen LogP contribution >= 0.6 is 15.9 Å². The Hall–Kier alpha value is -3.84. The molecule has 0 bridgehead atoms. The van der Waals surface area contributed by atoms with Gasteiger partial charge < -0.3 is 13.9 Å². The lowest BCUT2D eigenvalue weighted by Crippen LogP contribution is -2.29. The molecule has 0 spiro atoms. The fourth-order valence-electron chi connectivity index (χ4n) is 4.43. The first-order valence-corrected chi connectivity index (χ1v) is 11.8. The first-order chi connectivity index (χ1) is 16.9. The van der Waals surface area contributed by atoms with Crippen molar-refractivity contribution in [2.75, 3.05) is 18.6 Å². The Bertz CT molecular complexity index is 1540. The zero-order valence-corrected chi connectivity index (χ0v) is 20.8. The maximum Gasteiger partial charge on any atom is 0.295 e. The van der Waals surface area contributed by atoms with Crippen molar-refractivity contribution in [1.29, 1.82) is 0 Å². The summed E-state index contributed by atoms with van der Waals surface area (Å²) in [5.74, 6) is 0.699. The second kappa shape index (κ2) is 9.07. The smallest absolute Gasteiger partial charge is 0.295 e. The zero-order chi connectivity index (χ0) is 24.7. The van der Waals surface area contributed by atoms with E-state index >= 15 is 0 Å². The topological polar surface area (TPSA) is 69.0 Å². The van der Waals surface area contributed by atoms with Crippen molar-refractivity contribution in [2.24, 2.45) is 0 Å². The molecule has 1 atom stereocenters. The van der Waals surface area contributed by atoms with E-state index in [0.29, 0.717) is 45.9 Å². The van der Waals surface area contributed by atoms with Crippen molar-refractivity contribution in [3.8, 4) is 11.5 Å². The second-order valence-corrected chi connectivity index (χ2v) is 9.16. The Morgan fingerprint density at radius 3 is 2.66 bits per heavy atom. The third kappa shape index (κ3) is 3.91. The second-order valence-electron chi connectivity index (χ2n) is 8.24. The maximum absolute atomic E-state index is 13.8. The number of amides is 1. The summed E-state index contributed by atoms with van der Waals surface area (Å²) in [4.78, 5) is 29.1. The summed E-state index contributed by atoms with van der Waals surface area (Å²) in [6.07, 6.45) is 1.65. The largest absolute Gasteiger partial charge is 0.493 e. The summed E-state index contributed by atoms with van der Waals surface area (Å²) in [7, 11) is 1.55. The van der Waals surface area contributed by atoms with Gasteiger partial charge in [0.1, 0.15) is 12.2 Å². The lowest BCUT2D eigenvalue weighted by atomic mass is 9.97. The molecule has 1 aliphatic heterocycles. The van der Waals surface area contributed by atoms with Crippen LogP contribution in [0.1, 0.15) is 33.3 Å². The molecule has 0 saturated carbocycles. The highest BCUT2D eigenvalue weighted by molar-refractivity contribution is 9.10. The molecule has 176 valence electrons. The van der Waals surface area contributed by atoms with Crippen LogP contribution in [0.4, 0.5) is 5.69 Å². The lowest BCUT2D eigenvalue weighted by molar-refractivity contribution is 0.0971. The van der Waals surface area contributed by atoms with Gasteiger partial charge in [0.2, 0.25) is 5.76 Å². The number of methoxy groups -OCH3 is 1. The molecule has 3 aromatic carbocycles.